The first-order chi connectivity index (χ1) is 46.1. The Kier molecular flexibility index (Phi) is 59.8. The summed E-state index contributed by atoms with van der Waals surface area (Å²) in [5.41, 5.74) is 0. The largest absolute Gasteiger partial charge is 0.394 e. The standard InChI is InChI=1S/C80H147NO13/c1-3-5-7-9-11-13-15-17-19-21-23-25-27-28-29-30-31-32-33-34-35-36-37-38-39-40-42-44-46-48-50-52-54-56-58-60-62-64-72(85)81-68(67-91-79-77(90)75(88)78(71(66-83)93-79)94-80-76(89)74(87)73(86)70(65-82)92-80)69(84)63-61-59-57-55-53-51-49-47-45-43-41-26-24-22-20-18-16-14-12-10-8-6-4-2/h15,17,21,23,45,47,53,55,61,63,68-71,73-80,82-84,86-90H,3-14,16,18-20,22,24-44,46,48-52,54,56-60,62,64-67H2,1-2H3,(H,81,85)/b17-15-,23-21-,47-45+,55-53+,63-61+. The number of allylic oxidation sites excluding steroid dienone is 9. The summed E-state index contributed by atoms with van der Waals surface area (Å²) in [4.78, 5) is 13.4. The van der Waals surface area contributed by atoms with Crippen molar-refractivity contribution in [1.82, 2.24) is 5.32 Å². The summed E-state index contributed by atoms with van der Waals surface area (Å²) in [5.74, 6) is -0.247. The van der Waals surface area contributed by atoms with E-state index in [0.29, 0.717) is 12.8 Å². The number of carbonyl (C=O) groups is 1. The van der Waals surface area contributed by atoms with Crippen molar-refractivity contribution in [3.8, 4) is 0 Å². The lowest BCUT2D eigenvalue weighted by atomic mass is 9.97. The van der Waals surface area contributed by atoms with E-state index in [4.69, 9.17) is 18.9 Å². The van der Waals surface area contributed by atoms with Gasteiger partial charge in [0.1, 0.15) is 48.8 Å². The highest BCUT2D eigenvalue weighted by Crippen LogP contribution is 2.30. The van der Waals surface area contributed by atoms with Gasteiger partial charge in [-0.05, 0) is 77.0 Å². The lowest BCUT2D eigenvalue weighted by molar-refractivity contribution is -0.359. The van der Waals surface area contributed by atoms with Crippen molar-refractivity contribution in [2.75, 3.05) is 19.8 Å². The summed E-state index contributed by atoms with van der Waals surface area (Å²) in [6, 6.07) is -0.940. The third kappa shape index (κ3) is 46.9. The van der Waals surface area contributed by atoms with Gasteiger partial charge in [-0.1, -0.05) is 325 Å². The quantitative estimate of drug-likeness (QED) is 0.0204. The Morgan fingerprint density at radius 1 is 0.383 bits per heavy atom. The SMILES string of the molecule is CCCCCCC/C=C\C/C=C\CCCCCCCCCCCCCCCCCCCCCCCCCCCC(=O)NC(COC1OC(CO)C(OC2OC(CO)C(O)C(O)C2O)C(O)C1O)C(O)/C=C/CC/C=C/CC/C=C/CCCCCCCCCCCCCCC. The summed E-state index contributed by atoms with van der Waals surface area (Å²) >= 11 is 0. The van der Waals surface area contributed by atoms with Crippen LogP contribution in [0.5, 0.6) is 0 Å². The predicted octanol–water partition coefficient (Wildman–Crippen LogP) is 17.6. The van der Waals surface area contributed by atoms with E-state index in [1.165, 1.54) is 263 Å². The second-order valence-corrected chi connectivity index (χ2v) is 27.8. The minimum absolute atomic E-state index is 0.247. The lowest BCUT2D eigenvalue weighted by Crippen LogP contribution is -2.65. The molecule has 1 amide bonds. The Hall–Kier alpha value is -2.31. The Balaban J connectivity index is 1.61. The number of amides is 1. The molecule has 2 heterocycles. The van der Waals surface area contributed by atoms with Crippen molar-refractivity contribution in [1.29, 1.82) is 0 Å². The van der Waals surface area contributed by atoms with E-state index in [2.05, 4.69) is 67.8 Å². The first-order valence-electron chi connectivity index (χ1n) is 39.5. The maximum atomic E-state index is 13.4. The molecule has 0 aromatic rings. The molecule has 0 radical (unpaired) electrons. The van der Waals surface area contributed by atoms with E-state index >= 15 is 0 Å². The fourth-order valence-electron chi connectivity index (χ4n) is 12.9. The van der Waals surface area contributed by atoms with Crippen LogP contribution in [0.3, 0.4) is 0 Å². The van der Waals surface area contributed by atoms with Crippen LogP contribution in [-0.2, 0) is 23.7 Å². The van der Waals surface area contributed by atoms with Gasteiger partial charge in [0.15, 0.2) is 12.6 Å². The van der Waals surface area contributed by atoms with E-state index < -0.39 is 86.8 Å². The fraction of sp³-hybridized carbons (Fsp3) is 0.863. The molecular formula is C80H147NO13. The second kappa shape index (κ2) is 64.1. The summed E-state index contributed by atoms with van der Waals surface area (Å²) in [5, 5.41) is 87.6. The molecule has 0 aliphatic carbocycles. The zero-order chi connectivity index (χ0) is 68.0. The van der Waals surface area contributed by atoms with Crippen LogP contribution in [0.4, 0.5) is 0 Å². The minimum atomic E-state index is -1.79. The Morgan fingerprint density at radius 2 is 0.713 bits per heavy atom. The summed E-state index contributed by atoms with van der Waals surface area (Å²) < 4.78 is 22.9. The van der Waals surface area contributed by atoms with Gasteiger partial charge in [0.05, 0.1) is 32.0 Å². The molecule has 2 aliphatic rings. The van der Waals surface area contributed by atoms with Crippen molar-refractivity contribution in [2.24, 2.45) is 0 Å². The number of nitrogens with one attached hydrogen (secondary N) is 1. The molecule has 12 atom stereocenters. The molecule has 0 aromatic heterocycles. The number of unbranched alkanes of at least 4 members (excludes halogenated alkanes) is 45. The van der Waals surface area contributed by atoms with E-state index in [1.807, 2.05) is 6.08 Å². The van der Waals surface area contributed by atoms with Gasteiger partial charge in [0.2, 0.25) is 5.91 Å². The number of rotatable bonds is 66. The number of carbonyl (C=O) groups excluding carboxylic acids is 1. The fourth-order valence-corrected chi connectivity index (χ4v) is 12.9. The molecule has 2 aliphatic heterocycles. The third-order valence-electron chi connectivity index (χ3n) is 19.2. The highest BCUT2D eigenvalue weighted by molar-refractivity contribution is 5.76. The first kappa shape index (κ1) is 87.8. The molecule has 12 unspecified atom stereocenters. The molecule has 0 saturated carbocycles. The van der Waals surface area contributed by atoms with Gasteiger partial charge in [-0.15, -0.1) is 0 Å². The van der Waals surface area contributed by atoms with E-state index in [1.54, 1.807) is 6.08 Å². The number of hydrogen-bond acceptors (Lipinski definition) is 13. The van der Waals surface area contributed by atoms with Crippen LogP contribution in [0.1, 0.15) is 348 Å². The molecule has 2 fully saturated rings. The van der Waals surface area contributed by atoms with Crippen molar-refractivity contribution >= 4 is 5.91 Å². The molecule has 0 aromatic carbocycles. The van der Waals surface area contributed by atoms with Gasteiger partial charge >= 0.3 is 0 Å². The second-order valence-electron chi connectivity index (χ2n) is 27.8. The Labute approximate surface area is 575 Å². The Morgan fingerprint density at radius 3 is 1.11 bits per heavy atom. The lowest BCUT2D eigenvalue weighted by Gasteiger charge is -2.46. The van der Waals surface area contributed by atoms with Crippen molar-refractivity contribution < 1.29 is 64.6 Å². The smallest absolute Gasteiger partial charge is 0.220 e. The molecule has 9 N–H and O–H groups in total. The molecule has 550 valence electrons. The normalized spacial score (nSPS) is 22.7. The molecule has 14 heteroatoms. The van der Waals surface area contributed by atoms with Crippen LogP contribution >= 0.6 is 0 Å². The maximum absolute atomic E-state index is 13.4. The molecule has 2 rings (SSSR count). The molecule has 2 saturated heterocycles. The van der Waals surface area contributed by atoms with Crippen LogP contribution in [0.15, 0.2) is 60.8 Å². The number of hydrogen-bond donors (Lipinski definition) is 9. The van der Waals surface area contributed by atoms with Crippen molar-refractivity contribution in [3.63, 3.8) is 0 Å². The van der Waals surface area contributed by atoms with Crippen LogP contribution in [0, 0.1) is 0 Å². The molecule has 94 heavy (non-hydrogen) atoms. The monoisotopic (exact) mass is 1330 g/mol. The zero-order valence-corrected chi connectivity index (χ0v) is 60.2. The van der Waals surface area contributed by atoms with Crippen LogP contribution < -0.4 is 5.32 Å². The van der Waals surface area contributed by atoms with Gasteiger partial charge in [-0.25, -0.2) is 0 Å². The topological polar surface area (TPSA) is 228 Å². The van der Waals surface area contributed by atoms with Gasteiger partial charge in [0, 0.05) is 6.42 Å². The summed E-state index contributed by atoms with van der Waals surface area (Å²) in [6.07, 6.45) is 70.3. The number of ether oxygens (including phenoxy) is 4. The third-order valence-corrected chi connectivity index (χ3v) is 19.2. The van der Waals surface area contributed by atoms with Gasteiger partial charge < -0.3 is 65.1 Å². The van der Waals surface area contributed by atoms with Gasteiger partial charge in [-0.2, -0.15) is 0 Å². The van der Waals surface area contributed by atoms with Crippen molar-refractivity contribution in [2.45, 2.75) is 421 Å². The Bertz CT molecular complexity index is 1810. The minimum Gasteiger partial charge on any atom is -0.394 e. The molecule has 14 nitrogen and oxygen atoms in total. The summed E-state index contributed by atoms with van der Waals surface area (Å²) in [6.45, 7) is 2.81. The predicted molar refractivity (Wildman–Crippen MR) is 387 cm³/mol. The van der Waals surface area contributed by atoms with E-state index in [0.717, 1.165) is 51.4 Å². The molecule has 0 bridgehead atoms. The van der Waals surface area contributed by atoms with Crippen molar-refractivity contribution in [3.05, 3.63) is 60.8 Å². The first-order valence-corrected chi connectivity index (χ1v) is 39.5. The van der Waals surface area contributed by atoms with Crippen LogP contribution in [0.2, 0.25) is 0 Å². The van der Waals surface area contributed by atoms with Crippen LogP contribution in [-0.4, -0.2) is 140 Å². The average molecular weight is 1330 g/mol. The number of aliphatic hydroxyl groups excluding tert-OH is 8. The molecule has 0 spiro atoms. The number of aliphatic hydroxyl groups is 8. The maximum Gasteiger partial charge on any atom is 0.220 e. The zero-order valence-electron chi connectivity index (χ0n) is 60.2. The highest BCUT2D eigenvalue weighted by atomic mass is 16.7. The van der Waals surface area contributed by atoms with E-state index in [9.17, 15) is 45.6 Å². The van der Waals surface area contributed by atoms with E-state index in [-0.39, 0.29) is 18.9 Å². The molecular weight excluding hydrogens is 1180 g/mol. The van der Waals surface area contributed by atoms with Crippen LogP contribution in [0.25, 0.3) is 0 Å². The summed E-state index contributed by atoms with van der Waals surface area (Å²) in [7, 11) is 0. The highest BCUT2D eigenvalue weighted by Gasteiger charge is 2.51. The van der Waals surface area contributed by atoms with Gasteiger partial charge in [-0.3, -0.25) is 4.79 Å². The average Bonchev–Trinajstić information content (AvgIpc) is 0.794. The van der Waals surface area contributed by atoms with Gasteiger partial charge in [0.25, 0.3) is 0 Å².